The number of unbranched alkanes of at least 4 members (excludes halogenated alkanes) is 1. The van der Waals surface area contributed by atoms with Crippen molar-refractivity contribution in [1.29, 1.82) is 0 Å². The van der Waals surface area contributed by atoms with Crippen LogP contribution in [0.3, 0.4) is 0 Å². The highest BCUT2D eigenvalue weighted by Crippen LogP contribution is 2.75. The van der Waals surface area contributed by atoms with Crippen LogP contribution in [0.5, 0.6) is 0 Å². The molecule has 0 spiro atoms. The highest BCUT2D eigenvalue weighted by atomic mass is 16.5. The first-order valence-corrected chi connectivity index (χ1v) is 19.2. The lowest BCUT2D eigenvalue weighted by molar-refractivity contribution is -0.188. The minimum Gasteiger partial charge on any atom is -0.465 e. The monoisotopic (exact) mass is 658 g/mol. The van der Waals surface area contributed by atoms with E-state index in [-0.39, 0.29) is 51.0 Å². The molecule has 0 aliphatic heterocycles. The van der Waals surface area contributed by atoms with Crippen molar-refractivity contribution >= 4 is 17.7 Å². The number of carbonyl (C=O) groups is 3. The molecule has 0 saturated heterocycles. The van der Waals surface area contributed by atoms with E-state index in [1.807, 2.05) is 30.3 Å². The summed E-state index contributed by atoms with van der Waals surface area (Å²) in [6.45, 7) is 17.9. The second-order valence-electron chi connectivity index (χ2n) is 18.7. The molecule has 1 aromatic rings. The summed E-state index contributed by atoms with van der Waals surface area (Å²) in [4.78, 5) is 38.4. The molecule has 0 bridgehead atoms. The van der Waals surface area contributed by atoms with Gasteiger partial charge in [0.05, 0.1) is 6.61 Å². The molecule has 0 amide bonds. The van der Waals surface area contributed by atoms with Crippen molar-refractivity contribution in [2.24, 2.45) is 50.2 Å². The molecular formula is C43H62O5. The lowest BCUT2D eigenvalue weighted by atomic mass is 9.33. The Labute approximate surface area is 290 Å². The molecule has 6 rings (SSSR count). The van der Waals surface area contributed by atoms with Gasteiger partial charge in [0.15, 0.2) is 0 Å². The zero-order valence-corrected chi connectivity index (χ0v) is 31.1. The number of ketones is 1. The molecule has 5 heteroatoms. The summed E-state index contributed by atoms with van der Waals surface area (Å²) in [6.07, 6.45) is 15.5. The molecule has 264 valence electrons. The molecule has 48 heavy (non-hydrogen) atoms. The van der Waals surface area contributed by atoms with E-state index < -0.39 is 0 Å². The molecule has 7 atom stereocenters. The Morgan fingerprint density at radius 3 is 2.17 bits per heavy atom. The number of rotatable bonds is 9. The van der Waals surface area contributed by atoms with Gasteiger partial charge in [-0.25, -0.2) is 0 Å². The van der Waals surface area contributed by atoms with Gasteiger partial charge in [-0.1, -0.05) is 90.4 Å². The molecule has 0 N–H and O–H groups in total. The van der Waals surface area contributed by atoms with Crippen LogP contribution in [0, 0.1) is 50.2 Å². The van der Waals surface area contributed by atoms with Crippen LogP contribution in [-0.2, 0) is 30.5 Å². The van der Waals surface area contributed by atoms with Crippen molar-refractivity contribution in [3.8, 4) is 0 Å². The summed E-state index contributed by atoms with van der Waals surface area (Å²) in [5, 5.41) is 0. The maximum Gasteiger partial charge on any atom is 0.306 e. The Morgan fingerprint density at radius 1 is 0.792 bits per heavy atom. The van der Waals surface area contributed by atoms with Crippen LogP contribution >= 0.6 is 0 Å². The Balaban J connectivity index is 1.12. The number of ether oxygens (including phenoxy) is 2. The molecule has 5 aliphatic carbocycles. The molecule has 0 aromatic heterocycles. The zero-order valence-electron chi connectivity index (χ0n) is 31.1. The summed E-state index contributed by atoms with van der Waals surface area (Å²) in [7, 11) is 0. The predicted octanol–water partition coefficient (Wildman–Crippen LogP) is 10.2. The van der Waals surface area contributed by atoms with E-state index in [9.17, 15) is 14.4 Å². The van der Waals surface area contributed by atoms with E-state index in [1.54, 1.807) is 5.57 Å². The number of Topliss-reactive ketones (excluding diaryl/α,β-unsaturated/α-hetero) is 1. The third-order valence-electron chi connectivity index (χ3n) is 15.3. The highest BCUT2D eigenvalue weighted by molar-refractivity contribution is 5.85. The number of hydrogen-bond acceptors (Lipinski definition) is 5. The number of carbonyl (C=O) groups excluding carboxylic acids is 3. The molecule has 0 radical (unpaired) electrons. The molecule has 5 nitrogen and oxygen atoms in total. The fourth-order valence-electron chi connectivity index (χ4n) is 12.1. The van der Waals surface area contributed by atoms with E-state index in [2.05, 4.69) is 54.5 Å². The third kappa shape index (κ3) is 6.02. The molecule has 4 fully saturated rings. The number of benzene rings is 1. The third-order valence-corrected chi connectivity index (χ3v) is 15.3. The van der Waals surface area contributed by atoms with Crippen LogP contribution in [0.4, 0.5) is 0 Å². The quantitative estimate of drug-likeness (QED) is 0.150. The second kappa shape index (κ2) is 12.7. The van der Waals surface area contributed by atoms with Gasteiger partial charge in [0.2, 0.25) is 0 Å². The van der Waals surface area contributed by atoms with Gasteiger partial charge in [-0.15, -0.1) is 0 Å². The van der Waals surface area contributed by atoms with Gasteiger partial charge >= 0.3 is 11.9 Å². The number of fused-ring (bicyclic) bond motifs is 7. The summed E-state index contributed by atoms with van der Waals surface area (Å²) in [5.41, 5.74) is 3.18. The molecular weight excluding hydrogens is 596 g/mol. The Morgan fingerprint density at radius 2 is 1.46 bits per heavy atom. The minimum atomic E-state index is -0.232. The smallest absolute Gasteiger partial charge is 0.306 e. The summed E-state index contributed by atoms with van der Waals surface area (Å²) >= 11 is 0. The van der Waals surface area contributed by atoms with E-state index in [0.29, 0.717) is 55.8 Å². The fourth-order valence-corrected chi connectivity index (χ4v) is 12.1. The number of esters is 2. The Hall–Kier alpha value is -2.43. The van der Waals surface area contributed by atoms with Crippen molar-refractivity contribution in [3.05, 3.63) is 47.5 Å². The minimum absolute atomic E-state index is 0.00131. The summed E-state index contributed by atoms with van der Waals surface area (Å²) in [6, 6.07) is 9.71. The molecule has 0 heterocycles. The predicted molar refractivity (Wildman–Crippen MR) is 190 cm³/mol. The van der Waals surface area contributed by atoms with Crippen molar-refractivity contribution in [1.82, 2.24) is 0 Å². The normalized spacial score (nSPS) is 37.9. The lowest BCUT2D eigenvalue weighted by Crippen LogP contribution is -2.64. The molecule has 1 unspecified atom stereocenters. The average molecular weight is 659 g/mol. The first-order chi connectivity index (χ1) is 22.6. The largest absolute Gasteiger partial charge is 0.465 e. The van der Waals surface area contributed by atoms with E-state index in [1.165, 1.54) is 12.8 Å². The summed E-state index contributed by atoms with van der Waals surface area (Å²) < 4.78 is 11.6. The van der Waals surface area contributed by atoms with Crippen LogP contribution in [0.15, 0.2) is 42.0 Å². The van der Waals surface area contributed by atoms with E-state index in [0.717, 1.165) is 56.9 Å². The van der Waals surface area contributed by atoms with Gasteiger partial charge in [0.1, 0.15) is 12.4 Å². The lowest BCUT2D eigenvalue weighted by Gasteiger charge is -2.70. The maximum atomic E-state index is 13.1. The first-order valence-electron chi connectivity index (χ1n) is 19.2. The second-order valence-corrected chi connectivity index (χ2v) is 18.7. The van der Waals surface area contributed by atoms with Crippen molar-refractivity contribution in [2.45, 2.75) is 145 Å². The molecule has 1 aromatic carbocycles. The van der Waals surface area contributed by atoms with Crippen LogP contribution in [0.1, 0.15) is 144 Å². The van der Waals surface area contributed by atoms with Gasteiger partial charge in [-0.3, -0.25) is 14.4 Å². The van der Waals surface area contributed by atoms with Gasteiger partial charge in [-0.2, -0.15) is 0 Å². The van der Waals surface area contributed by atoms with Crippen LogP contribution in [0.25, 0.3) is 0 Å². The van der Waals surface area contributed by atoms with E-state index in [4.69, 9.17) is 9.47 Å². The molecule has 5 aliphatic rings. The zero-order chi connectivity index (χ0) is 34.6. The average Bonchev–Trinajstić information content (AvgIpc) is 3.04. The standard InChI is InChI=1S/C43H62O5/c1-38(2)23-25-43(29-48-37(46)16-12-11-15-36(45)47-28-30-13-9-8-10-14-30)26-24-41(6)31(32(43)27-38)17-18-34-40(5)21-20-35(44)39(3,4)33(40)19-22-42(34,41)7/h8-10,13-14,17,32-34H,11-12,15-16,18-29H2,1-7H3/t32-,33-,34?,40-,41+,42+,43+/m0/s1. The topological polar surface area (TPSA) is 69.7 Å². The van der Waals surface area contributed by atoms with Crippen molar-refractivity contribution in [3.63, 3.8) is 0 Å². The van der Waals surface area contributed by atoms with Gasteiger partial charge < -0.3 is 9.47 Å². The Bertz CT molecular complexity index is 1420. The number of allylic oxidation sites excluding steroid dienone is 2. The molecule has 4 saturated carbocycles. The first kappa shape index (κ1) is 35.4. The van der Waals surface area contributed by atoms with Crippen LogP contribution < -0.4 is 0 Å². The van der Waals surface area contributed by atoms with Gasteiger partial charge in [0, 0.05) is 30.1 Å². The van der Waals surface area contributed by atoms with Crippen molar-refractivity contribution < 1.29 is 23.9 Å². The fraction of sp³-hybridized carbons (Fsp3) is 0.744. The van der Waals surface area contributed by atoms with Crippen LogP contribution in [0.2, 0.25) is 0 Å². The SMILES string of the molecule is CC1(C)CC[C@]2(COC(=O)CCCCC(=O)OCc3ccccc3)CC[C@]3(C)C(=CCC4[C@@]5(C)CCC(=O)C(C)(C)[C@@H]5CC[C@]43C)[C@@H]2C1. The van der Waals surface area contributed by atoms with Gasteiger partial charge in [-0.05, 0) is 116 Å². The Kier molecular flexibility index (Phi) is 9.38. The van der Waals surface area contributed by atoms with Crippen LogP contribution in [-0.4, -0.2) is 24.3 Å². The van der Waals surface area contributed by atoms with Crippen molar-refractivity contribution in [2.75, 3.05) is 6.61 Å². The highest BCUT2D eigenvalue weighted by Gasteiger charge is 2.68. The number of hydrogen-bond donors (Lipinski definition) is 0. The van der Waals surface area contributed by atoms with E-state index >= 15 is 0 Å². The van der Waals surface area contributed by atoms with Gasteiger partial charge in [0.25, 0.3) is 0 Å². The summed E-state index contributed by atoms with van der Waals surface area (Å²) in [5.74, 6) is 1.59. The maximum absolute atomic E-state index is 13.1.